The van der Waals surface area contributed by atoms with E-state index >= 15 is 0 Å². The number of benzene rings is 1. The van der Waals surface area contributed by atoms with Crippen LogP contribution in [-0.4, -0.2) is 17.6 Å². The molecule has 1 unspecified atom stereocenters. The fraction of sp³-hybridized carbons (Fsp3) is 0.154. The summed E-state index contributed by atoms with van der Waals surface area (Å²) in [6.07, 6.45) is -0.864. The normalized spacial score (nSPS) is 12.2. The van der Waals surface area contributed by atoms with Crippen molar-refractivity contribution in [2.45, 2.75) is 6.10 Å². The molecule has 4 N–H and O–H groups in total. The molecule has 0 radical (unpaired) electrons. The number of carbonyl (C=O) groups excluding carboxylic acids is 1. The van der Waals surface area contributed by atoms with Crippen LogP contribution < -0.4 is 11.1 Å². The van der Waals surface area contributed by atoms with Crippen molar-refractivity contribution in [1.29, 1.82) is 0 Å². The summed E-state index contributed by atoms with van der Waals surface area (Å²) in [5.41, 5.74) is 5.81. The van der Waals surface area contributed by atoms with E-state index in [0.29, 0.717) is 5.56 Å². The lowest BCUT2D eigenvalue weighted by atomic mass is 10.1. The van der Waals surface area contributed by atoms with Crippen LogP contribution in [0.25, 0.3) is 0 Å². The Hall–Kier alpha value is -1.99. The second kappa shape index (κ2) is 5.98. The fourth-order valence-electron chi connectivity index (χ4n) is 1.63. The minimum absolute atomic E-state index is 0.0476. The summed E-state index contributed by atoms with van der Waals surface area (Å²) in [4.78, 5) is 11.8. The smallest absolute Gasteiger partial charge is 0.253 e. The highest BCUT2D eigenvalue weighted by molar-refractivity contribution is 7.07. The number of rotatable bonds is 4. The van der Waals surface area contributed by atoms with E-state index in [1.54, 1.807) is 16.8 Å². The van der Waals surface area contributed by atoms with Gasteiger partial charge in [0, 0.05) is 18.3 Å². The maximum absolute atomic E-state index is 13.1. The summed E-state index contributed by atoms with van der Waals surface area (Å²) >= 11 is 1.42. The van der Waals surface area contributed by atoms with Crippen LogP contribution in [0.2, 0.25) is 0 Å². The number of carbonyl (C=O) groups is 1. The summed E-state index contributed by atoms with van der Waals surface area (Å²) in [6, 6.07) is 3.21. The molecule has 0 aliphatic heterocycles. The van der Waals surface area contributed by atoms with Gasteiger partial charge in [-0.1, -0.05) is 0 Å². The Bertz CT molecular complexity index is 617. The first-order valence-corrected chi connectivity index (χ1v) is 6.66. The van der Waals surface area contributed by atoms with Crippen LogP contribution in [0, 0.1) is 11.6 Å². The second-order valence-electron chi connectivity index (χ2n) is 4.14. The highest BCUT2D eigenvalue weighted by atomic mass is 32.1. The molecule has 0 spiro atoms. The number of hydrogen-bond donors (Lipinski definition) is 3. The molecular weight excluding hydrogens is 286 g/mol. The molecule has 1 atom stereocenters. The Kier molecular flexibility index (Phi) is 4.31. The molecule has 106 valence electrons. The first-order valence-electron chi connectivity index (χ1n) is 5.72. The largest absolute Gasteiger partial charge is 0.398 e. The van der Waals surface area contributed by atoms with E-state index in [-0.39, 0.29) is 17.8 Å². The number of aliphatic hydroxyl groups excluding tert-OH is 1. The van der Waals surface area contributed by atoms with E-state index < -0.39 is 23.6 Å². The van der Waals surface area contributed by atoms with Gasteiger partial charge in [-0.3, -0.25) is 4.79 Å². The molecule has 7 heteroatoms. The maximum atomic E-state index is 13.1. The van der Waals surface area contributed by atoms with Gasteiger partial charge in [0.25, 0.3) is 5.91 Å². The zero-order chi connectivity index (χ0) is 14.7. The van der Waals surface area contributed by atoms with Crippen LogP contribution in [0.4, 0.5) is 14.5 Å². The van der Waals surface area contributed by atoms with Crippen LogP contribution in [0.3, 0.4) is 0 Å². The Balaban J connectivity index is 2.04. The number of aliphatic hydroxyl groups is 1. The molecule has 0 fully saturated rings. The van der Waals surface area contributed by atoms with Gasteiger partial charge in [0.15, 0.2) is 11.6 Å². The van der Waals surface area contributed by atoms with E-state index in [1.165, 1.54) is 11.3 Å². The van der Waals surface area contributed by atoms with Gasteiger partial charge in [-0.25, -0.2) is 8.78 Å². The third-order valence-corrected chi connectivity index (χ3v) is 3.42. The predicted octanol–water partition coefficient (Wildman–Crippen LogP) is 2.07. The van der Waals surface area contributed by atoms with Gasteiger partial charge < -0.3 is 16.2 Å². The van der Waals surface area contributed by atoms with Crippen LogP contribution in [0.5, 0.6) is 0 Å². The van der Waals surface area contributed by atoms with E-state index in [4.69, 9.17) is 5.73 Å². The first-order chi connectivity index (χ1) is 9.49. The summed E-state index contributed by atoms with van der Waals surface area (Å²) in [5.74, 6) is -2.93. The van der Waals surface area contributed by atoms with Crippen LogP contribution in [-0.2, 0) is 0 Å². The van der Waals surface area contributed by atoms with Gasteiger partial charge in [-0.2, -0.15) is 11.3 Å². The van der Waals surface area contributed by atoms with E-state index in [0.717, 1.165) is 12.1 Å². The maximum Gasteiger partial charge on any atom is 0.253 e. The third-order valence-electron chi connectivity index (χ3n) is 2.72. The average molecular weight is 298 g/mol. The lowest BCUT2D eigenvalue weighted by molar-refractivity contribution is 0.0917. The Morgan fingerprint density at radius 3 is 2.75 bits per heavy atom. The highest BCUT2D eigenvalue weighted by Crippen LogP contribution is 2.18. The lowest BCUT2D eigenvalue weighted by Gasteiger charge is -2.12. The molecule has 0 aliphatic carbocycles. The van der Waals surface area contributed by atoms with Crippen molar-refractivity contribution >= 4 is 22.9 Å². The zero-order valence-electron chi connectivity index (χ0n) is 10.3. The number of anilines is 1. The number of hydrogen-bond acceptors (Lipinski definition) is 4. The van der Waals surface area contributed by atoms with Crippen molar-refractivity contribution in [1.82, 2.24) is 5.32 Å². The number of nitrogen functional groups attached to an aromatic ring is 1. The first kappa shape index (κ1) is 14.4. The standard InChI is InChI=1S/C13H12F2N2O2S/c14-9-3-8(11(16)4-10(9)15)13(19)17-5-12(18)7-1-2-20-6-7/h1-4,6,12,18H,5,16H2,(H,17,19). The summed E-state index contributed by atoms with van der Waals surface area (Å²) < 4.78 is 26.0. The van der Waals surface area contributed by atoms with Gasteiger partial charge >= 0.3 is 0 Å². The molecule has 20 heavy (non-hydrogen) atoms. The van der Waals surface area contributed by atoms with Crippen LogP contribution in [0.15, 0.2) is 29.0 Å². The quantitative estimate of drug-likeness (QED) is 0.756. The molecule has 0 saturated heterocycles. The average Bonchev–Trinajstić information content (AvgIpc) is 2.94. The molecule has 4 nitrogen and oxygen atoms in total. The molecule has 1 aromatic heterocycles. The Morgan fingerprint density at radius 1 is 1.40 bits per heavy atom. The van der Waals surface area contributed by atoms with Crippen molar-refractivity contribution in [3.05, 3.63) is 51.7 Å². The van der Waals surface area contributed by atoms with Crippen molar-refractivity contribution in [2.75, 3.05) is 12.3 Å². The molecule has 1 aromatic carbocycles. The van der Waals surface area contributed by atoms with Gasteiger partial charge in [0.1, 0.15) is 0 Å². The van der Waals surface area contributed by atoms with E-state index in [2.05, 4.69) is 5.32 Å². The number of nitrogens with two attached hydrogens (primary N) is 1. The number of halogens is 2. The topological polar surface area (TPSA) is 75.4 Å². The fourth-order valence-corrected chi connectivity index (χ4v) is 2.33. The Labute approximate surface area is 117 Å². The van der Waals surface area contributed by atoms with Gasteiger partial charge in [-0.15, -0.1) is 0 Å². The van der Waals surface area contributed by atoms with E-state index in [9.17, 15) is 18.7 Å². The SMILES string of the molecule is Nc1cc(F)c(F)cc1C(=O)NCC(O)c1ccsc1. The monoisotopic (exact) mass is 298 g/mol. The van der Waals surface area contributed by atoms with Crippen molar-refractivity contribution < 1.29 is 18.7 Å². The van der Waals surface area contributed by atoms with Gasteiger partial charge in [0.2, 0.25) is 0 Å². The lowest BCUT2D eigenvalue weighted by Crippen LogP contribution is -2.29. The summed E-state index contributed by atoms with van der Waals surface area (Å²) in [5, 5.41) is 15.8. The minimum atomic E-state index is -1.15. The molecular formula is C13H12F2N2O2S. The molecule has 0 aliphatic rings. The molecule has 0 bridgehead atoms. The van der Waals surface area contributed by atoms with Crippen molar-refractivity contribution in [3.8, 4) is 0 Å². The number of amides is 1. The molecule has 1 amide bonds. The van der Waals surface area contributed by atoms with Gasteiger partial charge in [-0.05, 0) is 28.5 Å². The summed E-state index contributed by atoms with van der Waals surface area (Å²) in [6.45, 7) is -0.0476. The Morgan fingerprint density at radius 2 is 2.10 bits per heavy atom. The predicted molar refractivity (Wildman–Crippen MR) is 72.4 cm³/mol. The zero-order valence-corrected chi connectivity index (χ0v) is 11.1. The van der Waals surface area contributed by atoms with Crippen molar-refractivity contribution in [2.24, 2.45) is 0 Å². The second-order valence-corrected chi connectivity index (χ2v) is 4.92. The number of thiophene rings is 1. The molecule has 0 saturated carbocycles. The molecule has 2 aromatic rings. The minimum Gasteiger partial charge on any atom is -0.398 e. The molecule has 2 rings (SSSR count). The van der Waals surface area contributed by atoms with Crippen molar-refractivity contribution in [3.63, 3.8) is 0 Å². The van der Waals surface area contributed by atoms with Crippen LogP contribution in [0.1, 0.15) is 22.0 Å². The third kappa shape index (κ3) is 3.12. The van der Waals surface area contributed by atoms with E-state index in [1.807, 2.05) is 0 Å². The van der Waals surface area contributed by atoms with Crippen LogP contribution >= 0.6 is 11.3 Å². The highest BCUT2D eigenvalue weighted by Gasteiger charge is 2.16. The summed E-state index contributed by atoms with van der Waals surface area (Å²) in [7, 11) is 0. The molecule has 1 heterocycles. The number of nitrogens with one attached hydrogen (secondary N) is 1. The van der Waals surface area contributed by atoms with Gasteiger partial charge in [0.05, 0.1) is 11.7 Å².